The van der Waals surface area contributed by atoms with Crippen molar-refractivity contribution in [3.05, 3.63) is 62.2 Å². The molecule has 0 amide bonds. The summed E-state index contributed by atoms with van der Waals surface area (Å²) < 4.78 is 6.91. The van der Waals surface area contributed by atoms with Gasteiger partial charge in [-0.3, -0.25) is 0 Å². The number of halogens is 2. The highest BCUT2D eigenvalue weighted by Crippen LogP contribution is 2.33. The van der Waals surface area contributed by atoms with Crippen LogP contribution in [0.3, 0.4) is 0 Å². The van der Waals surface area contributed by atoms with Gasteiger partial charge in [-0.15, -0.1) is 0 Å². The molecule has 0 bridgehead atoms. The number of ether oxygens (including phenoxy) is 1. The molecule has 0 aliphatic rings. The zero-order valence-corrected chi connectivity index (χ0v) is 14.4. The molecule has 2 rings (SSSR count). The predicted molar refractivity (Wildman–Crippen MR) is 92.7 cm³/mol. The van der Waals surface area contributed by atoms with Crippen LogP contribution in [0.5, 0.6) is 5.75 Å². The Balaban J connectivity index is 2.49. The molecule has 0 heterocycles. The van der Waals surface area contributed by atoms with Gasteiger partial charge in [0, 0.05) is 14.2 Å². The van der Waals surface area contributed by atoms with Gasteiger partial charge in [0.25, 0.3) is 0 Å². The lowest BCUT2D eigenvalue weighted by Gasteiger charge is -2.21. The second-order valence-electron chi connectivity index (χ2n) is 4.36. The predicted octanol–water partition coefficient (Wildman–Crippen LogP) is 4.65. The van der Waals surface area contributed by atoms with Crippen LogP contribution in [0.2, 0.25) is 5.02 Å². The molecular formula is C16H17ClINO. The van der Waals surface area contributed by atoms with Crippen molar-refractivity contribution < 1.29 is 4.74 Å². The number of para-hydroxylation sites is 1. The molecule has 2 aromatic rings. The third kappa shape index (κ3) is 3.45. The van der Waals surface area contributed by atoms with Crippen LogP contribution in [0.1, 0.15) is 24.1 Å². The SMILES string of the molecule is CCOc1ccccc1C(NC)c1cc(Cl)ccc1I. The van der Waals surface area contributed by atoms with E-state index >= 15 is 0 Å². The molecule has 0 spiro atoms. The minimum absolute atomic E-state index is 0.0587. The molecule has 1 atom stereocenters. The van der Waals surface area contributed by atoms with Crippen molar-refractivity contribution in [1.82, 2.24) is 5.32 Å². The average molecular weight is 402 g/mol. The van der Waals surface area contributed by atoms with E-state index in [1.165, 1.54) is 3.57 Å². The Morgan fingerprint density at radius 1 is 1.20 bits per heavy atom. The molecule has 0 aliphatic carbocycles. The van der Waals surface area contributed by atoms with E-state index in [1.54, 1.807) is 0 Å². The zero-order chi connectivity index (χ0) is 14.5. The normalized spacial score (nSPS) is 12.2. The van der Waals surface area contributed by atoms with Gasteiger partial charge in [0.2, 0.25) is 0 Å². The summed E-state index contributed by atoms with van der Waals surface area (Å²) >= 11 is 8.48. The van der Waals surface area contributed by atoms with E-state index in [0.717, 1.165) is 21.9 Å². The molecule has 0 aliphatic heterocycles. The maximum atomic E-state index is 6.14. The number of hydrogen-bond donors (Lipinski definition) is 1. The van der Waals surface area contributed by atoms with Crippen molar-refractivity contribution in [2.45, 2.75) is 13.0 Å². The number of benzene rings is 2. The minimum Gasteiger partial charge on any atom is -0.494 e. The molecule has 20 heavy (non-hydrogen) atoms. The standard InChI is InChI=1S/C16H17ClINO/c1-3-20-15-7-5-4-6-12(15)16(19-2)13-10-11(17)8-9-14(13)18/h4-10,16,19H,3H2,1-2H3. The third-order valence-electron chi connectivity index (χ3n) is 3.09. The lowest BCUT2D eigenvalue weighted by molar-refractivity contribution is 0.334. The second kappa shape index (κ2) is 7.29. The Bertz CT molecular complexity index is 588. The Labute approximate surface area is 138 Å². The molecule has 0 saturated heterocycles. The number of nitrogens with one attached hydrogen (secondary N) is 1. The van der Waals surface area contributed by atoms with Crippen molar-refractivity contribution in [3.8, 4) is 5.75 Å². The van der Waals surface area contributed by atoms with Gasteiger partial charge in [0.15, 0.2) is 0 Å². The van der Waals surface area contributed by atoms with Gasteiger partial charge in [0.1, 0.15) is 5.75 Å². The van der Waals surface area contributed by atoms with E-state index in [1.807, 2.05) is 50.4 Å². The smallest absolute Gasteiger partial charge is 0.124 e. The van der Waals surface area contributed by atoms with Gasteiger partial charge in [-0.25, -0.2) is 0 Å². The molecule has 4 heteroatoms. The fourth-order valence-corrected chi connectivity index (χ4v) is 3.05. The summed E-state index contributed by atoms with van der Waals surface area (Å²) in [5.74, 6) is 0.908. The van der Waals surface area contributed by atoms with Crippen molar-refractivity contribution >= 4 is 34.2 Å². The first-order chi connectivity index (χ1) is 9.67. The van der Waals surface area contributed by atoms with E-state index in [-0.39, 0.29) is 6.04 Å². The molecular weight excluding hydrogens is 385 g/mol. The molecule has 2 nitrogen and oxygen atoms in total. The maximum Gasteiger partial charge on any atom is 0.124 e. The summed E-state index contributed by atoms with van der Waals surface area (Å²) in [6.45, 7) is 2.65. The summed E-state index contributed by atoms with van der Waals surface area (Å²) in [6.07, 6.45) is 0. The van der Waals surface area contributed by atoms with Crippen molar-refractivity contribution in [1.29, 1.82) is 0 Å². The Kier molecular flexibility index (Phi) is 5.69. The highest BCUT2D eigenvalue weighted by Gasteiger charge is 2.19. The van der Waals surface area contributed by atoms with Gasteiger partial charge >= 0.3 is 0 Å². The van der Waals surface area contributed by atoms with Gasteiger partial charge in [-0.2, -0.15) is 0 Å². The summed E-state index contributed by atoms with van der Waals surface area (Å²) in [6, 6.07) is 14.1. The van der Waals surface area contributed by atoms with Crippen molar-refractivity contribution in [2.24, 2.45) is 0 Å². The fourth-order valence-electron chi connectivity index (χ4n) is 2.22. The Morgan fingerprint density at radius 3 is 2.65 bits per heavy atom. The van der Waals surface area contributed by atoms with Crippen LogP contribution >= 0.6 is 34.2 Å². The fraction of sp³-hybridized carbons (Fsp3) is 0.250. The summed E-state index contributed by atoms with van der Waals surface area (Å²) in [4.78, 5) is 0. The lowest BCUT2D eigenvalue weighted by atomic mass is 9.98. The van der Waals surface area contributed by atoms with Crippen molar-refractivity contribution in [2.75, 3.05) is 13.7 Å². The van der Waals surface area contributed by atoms with Crippen LogP contribution in [-0.4, -0.2) is 13.7 Å². The molecule has 0 radical (unpaired) electrons. The van der Waals surface area contributed by atoms with E-state index in [4.69, 9.17) is 16.3 Å². The van der Waals surface area contributed by atoms with E-state index in [0.29, 0.717) is 6.61 Å². The topological polar surface area (TPSA) is 21.3 Å². The summed E-state index contributed by atoms with van der Waals surface area (Å²) in [5, 5.41) is 4.10. The van der Waals surface area contributed by atoms with Gasteiger partial charge in [0.05, 0.1) is 12.6 Å². The van der Waals surface area contributed by atoms with Crippen LogP contribution in [0.4, 0.5) is 0 Å². The lowest BCUT2D eigenvalue weighted by Crippen LogP contribution is -2.19. The van der Waals surface area contributed by atoms with Crippen molar-refractivity contribution in [3.63, 3.8) is 0 Å². The van der Waals surface area contributed by atoms with Gasteiger partial charge < -0.3 is 10.1 Å². The zero-order valence-electron chi connectivity index (χ0n) is 11.5. The molecule has 1 N–H and O–H groups in total. The summed E-state index contributed by atoms with van der Waals surface area (Å²) in [7, 11) is 1.95. The molecule has 106 valence electrons. The van der Waals surface area contributed by atoms with Crippen LogP contribution < -0.4 is 10.1 Å². The average Bonchev–Trinajstić information content (AvgIpc) is 2.45. The summed E-state index contributed by atoms with van der Waals surface area (Å²) in [5.41, 5.74) is 2.28. The number of rotatable bonds is 5. The minimum atomic E-state index is 0.0587. The number of hydrogen-bond acceptors (Lipinski definition) is 2. The van der Waals surface area contributed by atoms with E-state index in [2.05, 4.69) is 34.0 Å². The van der Waals surface area contributed by atoms with Gasteiger partial charge in [-0.1, -0.05) is 29.8 Å². The van der Waals surface area contributed by atoms with Gasteiger partial charge in [-0.05, 0) is 66.4 Å². The first-order valence-electron chi connectivity index (χ1n) is 6.51. The Hall–Kier alpha value is -0.780. The molecule has 2 aromatic carbocycles. The second-order valence-corrected chi connectivity index (χ2v) is 5.96. The molecule has 0 saturated carbocycles. The Morgan fingerprint density at radius 2 is 1.95 bits per heavy atom. The maximum absolute atomic E-state index is 6.14. The van der Waals surface area contributed by atoms with E-state index < -0.39 is 0 Å². The van der Waals surface area contributed by atoms with E-state index in [9.17, 15) is 0 Å². The molecule has 0 aromatic heterocycles. The van der Waals surface area contributed by atoms with Crippen LogP contribution in [-0.2, 0) is 0 Å². The molecule has 0 fully saturated rings. The quantitative estimate of drug-likeness (QED) is 0.736. The van der Waals surface area contributed by atoms with Crippen LogP contribution in [0.15, 0.2) is 42.5 Å². The monoisotopic (exact) mass is 401 g/mol. The third-order valence-corrected chi connectivity index (χ3v) is 4.31. The molecule has 1 unspecified atom stereocenters. The highest BCUT2D eigenvalue weighted by molar-refractivity contribution is 14.1. The van der Waals surface area contributed by atoms with Crippen LogP contribution in [0, 0.1) is 3.57 Å². The van der Waals surface area contributed by atoms with Crippen LogP contribution in [0.25, 0.3) is 0 Å². The largest absolute Gasteiger partial charge is 0.494 e. The first kappa shape index (κ1) is 15.6. The first-order valence-corrected chi connectivity index (χ1v) is 7.97. The highest BCUT2D eigenvalue weighted by atomic mass is 127.